The average Bonchev–Trinajstić information content (AvgIpc) is 2.30. The van der Waals surface area contributed by atoms with Gasteiger partial charge in [0.25, 0.3) is 0 Å². The van der Waals surface area contributed by atoms with Crippen LogP contribution in [-0.4, -0.2) is 14.0 Å². The molecule has 0 spiro atoms. The Bertz CT molecular complexity index is 347. The fourth-order valence-electron chi connectivity index (χ4n) is 1.88. The first kappa shape index (κ1) is 15.6. The van der Waals surface area contributed by atoms with E-state index in [1.54, 1.807) is 0 Å². The summed E-state index contributed by atoms with van der Waals surface area (Å²) >= 11 is 6.35. The highest BCUT2D eigenvalue weighted by molar-refractivity contribution is 7.19. The van der Waals surface area contributed by atoms with Crippen molar-refractivity contribution < 1.29 is 4.74 Å². The maximum atomic E-state index is 6.35. The van der Waals surface area contributed by atoms with Crippen molar-refractivity contribution in [3.63, 3.8) is 0 Å². The van der Waals surface area contributed by atoms with Crippen molar-refractivity contribution in [2.75, 3.05) is 6.61 Å². The Kier molecular flexibility index (Phi) is 6.80. The Morgan fingerprint density at radius 3 is 2.56 bits per heavy atom. The standard InChI is InChI=1S/C15H25ClOSi/c1-4-5-12-17-15-11-7-6-9-14(15)10-8-13-18(2,3)16/h6-7,9,11H,4-5,8,10,12-13H2,1-3H3. The van der Waals surface area contributed by atoms with E-state index in [9.17, 15) is 0 Å². The number of aryl methyl sites for hydroxylation is 1. The van der Waals surface area contributed by atoms with Crippen LogP contribution < -0.4 is 4.74 Å². The zero-order valence-electron chi connectivity index (χ0n) is 11.8. The molecule has 3 heteroatoms. The first-order valence-corrected chi connectivity index (χ1v) is 11.1. The molecule has 18 heavy (non-hydrogen) atoms. The minimum atomic E-state index is -1.43. The van der Waals surface area contributed by atoms with Crippen LogP contribution in [-0.2, 0) is 6.42 Å². The number of ether oxygens (including phenoxy) is 1. The second-order valence-electron chi connectivity index (χ2n) is 5.38. The highest BCUT2D eigenvalue weighted by Crippen LogP contribution is 2.23. The number of para-hydroxylation sites is 1. The number of rotatable bonds is 8. The third-order valence-corrected chi connectivity index (χ3v) is 5.05. The van der Waals surface area contributed by atoms with E-state index in [4.69, 9.17) is 15.8 Å². The molecule has 0 saturated carbocycles. The van der Waals surface area contributed by atoms with Gasteiger partial charge in [-0.25, -0.2) is 0 Å². The van der Waals surface area contributed by atoms with E-state index < -0.39 is 7.38 Å². The molecule has 0 amide bonds. The second-order valence-corrected chi connectivity index (χ2v) is 12.4. The van der Waals surface area contributed by atoms with Gasteiger partial charge in [-0.05, 0) is 30.5 Å². The molecule has 0 unspecified atom stereocenters. The van der Waals surface area contributed by atoms with Crippen LogP contribution in [0, 0.1) is 0 Å². The summed E-state index contributed by atoms with van der Waals surface area (Å²) < 4.78 is 5.84. The lowest BCUT2D eigenvalue weighted by Gasteiger charge is -2.14. The molecule has 0 aliphatic heterocycles. The molecule has 0 aromatic heterocycles. The summed E-state index contributed by atoms with van der Waals surface area (Å²) in [6.45, 7) is 7.42. The van der Waals surface area contributed by atoms with Gasteiger partial charge in [0, 0.05) is 0 Å². The Morgan fingerprint density at radius 2 is 1.89 bits per heavy atom. The van der Waals surface area contributed by atoms with Gasteiger partial charge >= 0.3 is 0 Å². The summed E-state index contributed by atoms with van der Waals surface area (Å²) in [5.41, 5.74) is 1.32. The zero-order valence-corrected chi connectivity index (χ0v) is 13.6. The number of hydrogen-bond acceptors (Lipinski definition) is 1. The van der Waals surface area contributed by atoms with Gasteiger partial charge in [0.2, 0.25) is 0 Å². The monoisotopic (exact) mass is 284 g/mol. The molecule has 0 saturated heterocycles. The Morgan fingerprint density at radius 1 is 1.17 bits per heavy atom. The van der Waals surface area contributed by atoms with Crippen LogP contribution in [0.15, 0.2) is 24.3 Å². The van der Waals surface area contributed by atoms with Gasteiger partial charge in [0.15, 0.2) is 7.38 Å². The van der Waals surface area contributed by atoms with Crippen molar-refractivity contribution in [2.24, 2.45) is 0 Å². The molecule has 1 aromatic rings. The third kappa shape index (κ3) is 6.46. The van der Waals surface area contributed by atoms with Gasteiger partial charge < -0.3 is 4.74 Å². The summed E-state index contributed by atoms with van der Waals surface area (Å²) in [6.07, 6.45) is 4.53. The van der Waals surface area contributed by atoms with Gasteiger partial charge in [-0.1, -0.05) is 51.1 Å². The predicted molar refractivity (Wildman–Crippen MR) is 83.3 cm³/mol. The molecule has 1 rings (SSSR count). The van der Waals surface area contributed by atoms with Crippen molar-refractivity contribution in [3.05, 3.63) is 29.8 Å². The highest BCUT2D eigenvalue weighted by Gasteiger charge is 2.16. The molecule has 0 radical (unpaired) electrons. The van der Waals surface area contributed by atoms with Crippen LogP contribution in [0.3, 0.4) is 0 Å². The maximum Gasteiger partial charge on any atom is 0.150 e. The van der Waals surface area contributed by atoms with Crippen LogP contribution in [0.1, 0.15) is 31.7 Å². The second kappa shape index (κ2) is 7.85. The van der Waals surface area contributed by atoms with Crippen LogP contribution >= 0.6 is 11.1 Å². The molecule has 0 heterocycles. The van der Waals surface area contributed by atoms with Crippen LogP contribution in [0.5, 0.6) is 5.75 Å². The van der Waals surface area contributed by atoms with Crippen molar-refractivity contribution in [1.29, 1.82) is 0 Å². The Labute approximate surface area is 117 Å². The number of hydrogen-bond donors (Lipinski definition) is 0. The van der Waals surface area contributed by atoms with E-state index in [0.29, 0.717) is 0 Å². The SMILES string of the molecule is CCCCOc1ccccc1CCC[Si](C)(C)Cl. The first-order chi connectivity index (χ1) is 8.53. The molecule has 0 aliphatic rings. The van der Waals surface area contributed by atoms with Crippen molar-refractivity contribution in [2.45, 2.75) is 51.7 Å². The van der Waals surface area contributed by atoms with E-state index >= 15 is 0 Å². The van der Waals surface area contributed by atoms with Crippen molar-refractivity contribution >= 4 is 18.5 Å². The maximum absolute atomic E-state index is 6.35. The number of benzene rings is 1. The Hall–Kier alpha value is -0.473. The molecule has 0 bridgehead atoms. The van der Waals surface area contributed by atoms with E-state index in [1.165, 1.54) is 12.0 Å². The molecule has 1 nitrogen and oxygen atoms in total. The van der Waals surface area contributed by atoms with Gasteiger partial charge in [-0.15, -0.1) is 0 Å². The summed E-state index contributed by atoms with van der Waals surface area (Å²) in [5.74, 6) is 1.06. The molecule has 0 N–H and O–H groups in total. The lowest BCUT2D eigenvalue weighted by Crippen LogP contribution is -2.15. The third-order valence-electron chi connectivity index (χ3n) is 2.95. The van der Waals surface area contributed by atoms with Gasteiger partial charge in [-0.3, -0.25) is 0 Å². The number of halogens is 1. The van der Waals surface area contributed by atoms with Crippen LogP contribution in [0.4, 0.5) is 0 Å². The van der Waals surface area contributed by atoms with Crippen molar-refractivity contribution in [1.82, 2.24) is 0 Å². The largest absolute Gasteiger partial charge is 0.493 e. The zero-order chi connectivity index (χ0) is 13.4. The lowest BCUT2D eigenvalue weighted by molar-refractivity contribution is 0.306. The predicted octanol–water partition coefficient (Wildman–Crippen LogP) is 5.24. The molecule has 102 valence electrons. The molecule has 0 aliphatic carbocycles. The first-order valence-electron chi connectivity index (χ1n) is 6.92. The smallest absolute Gasteiger partial charge is 0.150 e. The van der Waals surface area contributed by atoms with Crippen LogP contribution in [0.25, 0.3) is 0 Å². The summed E-state index contributed by atoms with van der Waals surface area (Å²) in [6, 6.07) is 9.55. The molecule has 0 fully saturated rings. The summed E-state index contributed by atoms with van der Waals surface area (Å²) in [5, 5.41) is 0. The lowest BCUT2D eigenvalue weighted by atomic mass is 10.1. The Balaban J connectivity index is 2.48. The quantitative estimate of drug-likeness (QED) is 0.360. The van der Waals surface area contributed by atoms with E-state index in [-0.39, 0.29) is 0 Å². The normalized spacial score (nSPS) is 11.6. The van der Waals surface area contributed by atoms with Gasteiger partial charge in [0.05, 0.1) is 6.61 Å². The van der Waals surface area contributed by atoms with Crippen molar-refractivity contribution in [3.8, 4) is 5.75 Å². The molecule has 1 aromatic carbocycles. The highest BCUT2D eigenvalue weighted by atomic mass is 35.6. The molecular weight excluding hydrogens is 260 g/mol. The molecular formula is C15H25ClOSi. The van der Waals surface area contributed by atoms with Gasteiger partial charge in [-0.2, -0.15) is 11.1 Å². The van der Waals surface area contributed by atoms with Crippen LogP contribution in [0.2, 0.25) is 19.1 Å². The fourth-order valence-corrected chi connectivity index (χ4v) is 3.30. The minimum absolute atomic E-state index is 0.823. The van der Waals surface area contributed by atoms with Gasteiger partial charge in [0.1, 0.15) is 5.75 Å². The summed E-state index contributed by atoms with van der Waals surface area (Å²) in [7, 11) is -1.43. The number of unbranched alkanes of at least 4 members (excludes halogenated alkanes) is 1. The average molecular weight is 285 g/mol. The van der Waals surface area contributed by atoms with E-state index in [1.807, 2.05) is 6.07 Å². The minimum Gasteiger partial charge on any atom is -0.493 e. The van der Waals surface area contributed by atoms with E-state index in [0.717, 1.165) is 37.7 Å². The summed E-state index contributed by atoms with van der Waals surface area (Å²) in [4.78, 5) is 0. The fraction of sp³-hybridized carbons (Fsp3) is 0.600. The van der Waals surface area contributed by atoms with E-state index in [2.05, 4.69) is 38.2 Å². The molecule has 0 atom stereocenters. The topological polar surface area (TPSA) is 9.23 Å².